The molecule has 0 atom stereocenters. The molecular weight excluding hydrogens is 374 g/mol. The van der Waals surface area contributed by atoms with E-state index in [9.17, 15) is 22.0 Å². The summed E-state index contributed by atoms with van der Waals surface area (Å²) in [6.45, 7) is 1.77. The van der Waals surface area contributed by atoms with Gasteiger partial charge >= 0.3 is 5.97 Å². The smallest absolute Gasteiger partial charge is 0.307 e. The van der Waals surface area contributed by atoms with Crippen molar-refractivity contribution in [3.63, 3.8) is 0 Å². The van der Waals surface area contributed by atoms with Gasteiger partial charge in [-0.25, -0.2) is 17.2 Å². The average molecular weight is 390 g/mol. The maximum Gasteiger partial charge on any atom is 0.307 e. The summed E-state index contributed by atoms with van der Waals surface area (Å²) in [5, 5.41) is 9.16. The van der Waals surface area contributed by atoms with Crippen LogP contribution >= 0.6 is 0 Å². The molecule has 0 saturated heterocycles. The third-order valence-electron chi connectivity index (χ3n) is 4.48. The van der Waals surface area contributed by atoms with E-state index in [4.69, 9.17) is 5.11 Å². The monoisotopic (exact) mass is 390 g/mol. The summed E-state index contributed by atoms with van der Waals surface area (Å²) >= 11 is 0. The molecule has 0 fully saturated rings. The maximum absolute atomic E-state index is 13.7. The Morgan fingerprint density at radius 3 is 2.37 bits per heavy atom. The molecule has 1 aliphatic rings. The van der Waals surface area contributed by atoms with Crippen molar-refractivity contribution in [2.24, 2.45) is 0 Å². The molecule has 0 aliphatic heterocycles. The van der Waals surface area contributed by atoms with Crippen LogP contribution in [0.5, 0.6) is 0 Å². The van der Waals surface area contributed by atoms with Crippen molar-refractivity contribution in [3.05, 3.63) is 70.5 Å². The summed E-state index contributed by atoms with van der Waals surface area (Å²) in [5.74, 6) is -1.46. The second-order valence-electron chi connectivity index (χ2n) is 6.21. The zero-order chi connectivity index (χ0) is 19.8. The van der Waals surface area contributed by atoms with Gasteiger partial charge in [0.15, 0.2) is 6.01 Å². The van der Waals surface area contributed by atoms with Crippen molar-refractivity contribution in [3.8, 4) is 0 Å². The van der Waals surface area contributed by atoms with Gasteiger partial charge in [-0.3, -0.25) is 4.79 Å². The molecule has 0 amide bonds. The molecule has 0 heterocycles. The lowest BCUT2D eigenvalue weighted by Gasteiger charge is -2.05. The molecule has 1 aliphatic carbocycles. The lowest BCUT2D eigenvalue weighted by Crippen LogP contribution is -2.02. The Balaban J connectivity index is 2.08. The van der Waals surface area contributed by atoms with E-state index >= 15 is 0 Å². The lowest BCUT2D eigenvalue weighted by atomic mass is 10.0. The van der Waals surface area contributed by atoms with Crippen LogP contribution < -0.4 is 0 Å². The Hall–Kier alpha value is -2.80. The third-order valence-corrected chi connectivity index (χ3v) is 5.75. The Bertz CT molecular complexity index is 1080. The highest BCUT2D eigenvalue weighted by Crippen LogP contribution is 2.43. The average Bonchev–Trinajstić information content (AvgIpc) is 2.87. The van der Waals surface area contributed by atoms with Crippen molar-refractivity contribution in [2.75, 3.05) is 6.01 Å². The largest absolute Gasteiger partial charge is 0.481 e. The number of halogens is 2. The molecule has 0 aromatic heterocycles. The van der Waals surface area contributed by atoms with Gasteiger partial charge in [0, 0.05) is 0 Å². The van der Waals surface area contributed by atoms with Crippen molar-refractivity contribution in [1.29, 1.82) is 0 Å². The molecule has 2 aromatic carbocycles. The number of aliphatic carboxylic acids is 1. The fourth-order valence-electron chi connectivity index (χ4n) is 3.13. The van der Waals surface area contributed by atoms with Crippen LogP contribution in [0.1, 0.15) is 30.0 Å². The van der Waals surface area contributed by atoms with E-state index in [0.717, 1.165) is 11.1 Å². The van der Waals surface area contributed by atoms with E-state index < -0.39 is 27.6 Å². The number of sulfone groups is 1. The van der Waals surface area contributed by atoms with Gasteiger partial charge < -0.3 is 5.11 Å². The number of benzene rings is 2. The molecule has 2 aromatic rings. The highest BCUT2D eigenvalue weighted by atomic mass is 32.2. The minimum absolute atomic E-state index is 0.111. The molecule has 4 nitrogen and oxygen atoms in total. The van der Waals surface area contributed by atoms with Gasteiger partial charge in [0.1, 0.15) is 5.82 Å². The zero-order valence-corrected chi connectivity index (χ0v) is 15.2. The number of hydrogen-bond donors (Lipinski definition) is 1. The molecule has 0 bridgehead atoms. The minimum atomic E-state index is -3.93. The second-order valence-corrected chi connectivity index (χ2v) is 8.13. The van der Waals surface area contributed by atoms with Crippen LogP contribution in [0.3, 0.4) is 0 Å². The SMILES string of the molecule is CC1=C(CC(=O)O)c2cc(F)ccc2/C1=C\c1ccc(S(=O)(=O)CF)cc1. The number of fused-ring (bicyclic) bond motifs is 1. The van der Waals surface area contributed by atoms with Gasteiger partial charge in [-0.2, -0.15) is 0 Å². The van der Waals surface area contributed by atoms with Crippen LogP contribution in [0, 0.1) is 5.82 Å². The fraction of sp³-hybridized carbons (Fsp3) is 0.150. The number of rotatable bonds is 5. The molecule has 140 valence electrons. The maximum atomic E-state index is 13.7. The van der Waals surface area contributed by atoms with Gasteiger partial charge in [-0.1, -0.05) is 18.2 Å². The number of carboxylic acid groups (broad SMARTS) is 1. The van der Waals surface area contributed by atoms with Gasteiger partial charge in [-0.05, 0) is 70.7 Å². The van der Waals surface area contributed by atoms with Crippen LogP contribution in [0.4, 0.5) is 8.78 Å². The number of carbonyl (C=O) groups is 1. The van der Waals surface area contributed by atoms with Crippen molar-refractivity contribution < 1.29 is 27.1 Å². The fourth-order valence-corrected chi connectivity index (χ4v) is 3.81. The Morgan fingerprint density at radius 2 is 1.78 bits per heavy atom. The van der Waals surface area contributed by atoms with E-state index in [0.29, 0.717) is 22.3 Å². The van der Waals surface area contributed by atoms with Crippen molar-refractivity contribution >= 4 is 33.0 Å². The first-order valence-corrected chi connectivity index (χ1v) is 9.71. The number of alkyl halides is 1. The summed E-state index contributed by atoms with van der Waals surface area (Å²) in [7, 11) is -3.93. The first-order valence-electron chi connectivity index (χ1n) is 8.05. The van der Waals surface area contributed by atoms with Crippen LogP contribution in [0.25, 0.3) is 17.2 Å². The standard InChI is InChI=1S/C20H16F2O4S/c1-12-17(8-13-2-5-15(6-3-13)27(25,26)11-21)16-7-4-14(22)9-19(16)18(12)10-20(23)24/h2-9H,10-11H2,1H3,(H,23,24)/b17-8-. The highest BCUT2D eigenvalue weighted by Gasteiger charge is 2.25. The first kappa shape index (κ1) is 19.0. The predicted octanol–water partition coefficient (Wildman–Crippen LogP) is 4.33. The summed E-state index contributed by atoms with van der Waals surface area (Å²) in [4.78, 5) is 11.1. The van der Waals surface area contributed by atoms with Crippen molar-refractivity contribution in [2.45, 2.75) is 18.2 Å². The molecule has 0 radical (unpaired) electrons. The molecular formula is C20H16F2O4S. The van der Waals surface area contributed by atoms with Crippen LogP contribution in [-0.4, -0.2) is 25.5 Å². The second kappa shape index (κ2) is 7.08. The summed E-state index contributed by atoms with van der Waals surface area (Å²) in [6, 6.07) is 8.47. The summed E-state index contributed by atoms with van der Waals surface area (Å²) in [5.41, 5.74) is 3.91. The number of allylic oxidation sites excluding steroid dienone is 2. The first-order chi connectivity index (χ1) is 12.7. The summed E-state index contributed by atoms with van der Waals surface area (Å²) < 4.78 is 49.4. The molecule has 0 unspecified atom stereocenters. The lowest BCUT2D eigenvalue weighted by molar-refractivity contribution is -0.135. The Kier molecular flexibility index (Phi) is 4.97. The van der Waals surface area contributed by atoms with Gasteiger partial charge in [0.2, 0.25) is 9.84 Å². The van der Waals surface area contributed by atoms with Crippen LogP contribution in [-0.2, 0) is 14.6 Å². The zero-order valence-electron chi connectivity index (χ0n) is 14.4. The molecule has 1 N–H and O–H groups in total. The number of hydrogen-bond acceptors (Lipinski definition) is 3. The van der Waals surface area contributed by atoms with Gasteiger partial charge in [0.25, 0.3) is 0 Å². The summed E-state index contributed by atoms with van der Waals surface area (Å²) in [6.07, 6.45) is 1.54. The van der Waals surface area contributed by atoms with E-state index in [1.807, 2.05) is 0 Å². The normalized spacial score (nSPS) is 15.3. The quantitative estimate of drug-likeness (QED) is 0.825. The molecule has 7 heteroatoms. The van der Waals surface area contributed by atoms with Gasteiger partial charge in [0.05, 0.1) is 11.3 Å². The number of carboxylic acids is 1. The Morgan fingerprint density at radius 1 is 1.11 bits per heavy atom. The highest BCUT2D eigenvalue weighted by molar-refractivity contribution is 7.91. The van der Waals surface area contributed by atoms with E-state index in [-0.39, 0.29) is 11.3 Å². The third kappa shape index (κ3) is 3.68. The molecule has 0 saturated carbocycles. The molecule has 0 spiro atoms. The topological polar surface area (TPSA) is 71.4 Å². The minimum Gasteiger partial charge on any atom is -0.481 e. The van der Waals surface area contributed by atoms with E-state index in [1.165, 1.54) is 24.3 Å². The van der Waals surface area contributed by atoms with E-state index in [1.54, 1.807) is 31.2 Å². The predicted molar refractivity (Wildman–Crippen MR) is 98.7 cm³/mol. The van der Waals surface area contributed by atoms with Crippen LogP contribution in [0.15, 0.2) is 52.9 Å². The van der Waals surface area contributed by atoms with Gasteiger partial charge in [-0.15, -0.1) is 0 Å². The van der Waals surface area contributed by atoms with E-state index in [2.05, 4.69) is 0 Å². The van der Waals surface area contributed by atoms with Crippen LogP contribution in [0.2, 0.25) is 0 Å². The Labute approximate surface area is 155 Å². The van der Waals surface area contributed by atoms with Crippen molar-refractivity contribution in [1.82, 2.24) is 0 Å². The molecule has 27 heavy (non-hydrogen) atoms. The molecule has 3 rings (SSSR count).